The molecule has 94 valence electrons. The average molecular weight is 225 g/mol. The first-order valence-electron chi connectivity index (χ1n) is 7.15. The predicted octanol–water partition coefficient (Wildman–Crippen LogP) is 3.80. The summed E-state index contributed by atoms with van der Waals surface area (Å²) < 4.78 is 0. The molecular weight excluding hydrogens is 198 g/mol. The molecule has 0 aromatic carbocycles. The summed E-state index contributed by atoms with van der Waals surface area (Å²) in [4.78, 5) is 10.7. The fraction of sp³-hybridized carbons (Fsp3) is 0.929. The Balaban J connectivity index is 1.66. The van der Waals surface area contributed by atoms with Gasteiger partial charge in [0.05, 0.1) is 0 Å². The van der Waals surface area contributed by atoms with Crippen LogP contribution in [0.2, 0.25) is 0 Å². The molecule has 0 saturated carbocycles. The zero-order chi connectivity index (χ0) is 11.6. The normalized spacial score (nSPS) is 18.6. The SMILES string of the molecule is CCCCCCCCCCCC[C@H]1NC1=O. The number of unbranched alkanes of at least 4 members (excludes halogenated alkanes) is 9. The number of nitrogens with one attached hydrogen (secondary N) is 1. The fourth-order valence-electron chi connectivity index (χ4n) is 2.17. The minimum absolute atomic E-state index is 0.231. The van der Waals surface area contributed by atoms with E-state index in [1.165, 1.54) is 64.2 Å². The highest BCUT2D eigenvalue weighted by atomic mass is 16.2. The highest BCUT2D eigenvalue weighted by molar-refractivity contribution is 5.96. The van der Waals surface area contributed by atoms with Crippen molar-refractivity contribution in [2.75, 3.05) is 0 Å². The van der Waals surface area contributed by atoms with Gasteiger partial charge in [0.15, 0.2) is 0 Å². The van der Waals surface area contributed by atoms with Crippen LogP contribution in [0.15, 0.2) is 0 Å². The first-order chi connectivity index (χ1) is 7.84. The zero-order valence-corrected chi connectivity index (χ0v) is 10.8. The first-order valence-corrected chi connectivity index (χ1v) is 7.15. The third-order valence-corrected chi connectivity index (χ3v) is 3.40. The Bertz CT molecular complexity index is 191. The van der Waals surface area contributed by atoms with Crippen LogP contribution in [0.3, 0.4) is 0 Å². The molecule has 0 unspecified atom stereocenters. The van der Waals surface area contributed by atoms with E-state index in [9.17, 15) is 4.79 Å². The molecule has 1 aliphatic rings. The molecule has 0 aromatic rings. The molecule has 1 amide bonds. The molecule has 1 rings (SSSR count). The lowest BCUT2D eigenvalue weighted by molar-refractivity contribution is -0.111. The lowest BCUT2D eigenvalue weighted by atomic mass is 10.1. The third kappa shape index (κ3) is 6.86. The largest absolute Gasteiger partial charge is 0.343 e. The minimum atomic E-state index is 0.231. The van der Waals surface area contributed by atoms with E-state index >= 15 is 0 Å². The van der Waals surface area contributed by atoms with Gasteiger partial charge in [0.25, 0.3) is 0 Å². The van der Waals surface area contributed by atoms with E-state index in [0.29, 0.717) is 0 Å². The summed E-state index contributed by atoms with van der Waals surface area (Å²) in [6.45, 7) is 2.26. The summed E-state index contributed by atoms with van der Waals surface area (Å²) in [5.74, 6) is 0.260. The van der Waals surface area contributed by atoms with Gasteiger partial charge in [0.2, 0.25) is 5.91 Å². The maximum atomic E-state index is 10.7. The van der Waals surface area contributed by atoms with Crippen LogP contribution in [0.1, 0.15) is 77.6 Å². The molecule has 0 bridgehead atoms. The Morgan fingerprint density at radius 1 is 0.875 bits per heavy atom. The molecule has 2 nitrogen and oxygen atoms in total. The van der Waals surface area contributed by atoms with Crippen molar-refractivity contribution in [3.8, 4) is 0 Å². The summed E-state index contributed by atoms with van der Waals surface area (Å²) in [7, 11) is 0. The standard InChI is InChI=1S/C14H27NO/c1-2-3-4-5-6-7-8-9-10-11-12-13-14(16)15-13/h13H,2-12H2,1H3,(H,15,16)/t13-/m1/s1. The van der Waals surface area contributed by atoms with Gasteiger partial charge in [-0.2, -0.15) is 0 Å². The zero-order valence-electron chi connectivity index (χ0n) is 10.8. The Kier molecular flexibility index (Phi) is 7.28. The summed E-state index contributed by atoms with van der Waals surface area (Å²) in [6, 6.07) is 0.231. The average Bonchev–Trinajstić information content (AvgIpc) is 2.97. The van der Waals surface area contributed by atoms with Crippen molar-refractivity contribution in [1.82, 2.24) is 5.32 Å². The number of carbonyl (C=O) groups excluding carboxylic acids is 1. The van der Waals surface area contributed by atoms with Gasteiger partial charge >= 0.3 is 0 Å². The van der Waals surface area contributed by atoms with E-state index < -0.39 is 0 Å². The van der Waals surface area contributed by atoms with Crippen molar-refractivity contribution in [3.63, 3.8) is 0 Å². The molecule has 1 heterocycles. The van der Waals surface area contributed by atoms with Crippen molar-refractivity contribution in [2.24, 2.45) is 0 Å². The molecule has 1 aliphatic heterocycles. The van der Waals surface area contributed by atoms with Crippen molar-refractivity contribution in [3.05, 3.63) is 0 Å². The van der Waals surface area contributed by atoms with Crippen molar-refractivity contribution in [2.45, 2.75) is 83.6 Å². The van der Waals surface area contributed by atoms with Gasteiger partial charge in [-0.3, -0.25) is 4.79 Å². The third-order valence-electron chi connectivity index (χ3n) is 3.40. The molecule has 2 heteroatoms. The predicted molar refractivity (Wildman–Crippen MR) is 68.4 cm³/mol. The number of carbonyl (C=O) groups is 1. The van der Waals surface area contributed by atoms with Gasteiger partial charge in [-0.25, -0.2) is 0 Å². The second-order valence-electron chi connectivity index (χ2n) is 5.03. The van der Waals surface area contributed by atoms with Crippen LogP contribution in [-0.2, 0) is 4.79 Å². The van der Waals surface area contributed by atoms with Gasteiger partial charge in [-0.1, -0.05) is 71.1 Å². The van der Waals surface area contributed by atoms with Gasteiger partial charge < -0.3 is 5.32 Å². The van der Waals surface area contributed by atoms with E-state index in [-0.39, 0.29) is 11.9 Å². The quantitative estimate of drug-likeness (QED) is 0.421. The van der Waals surface area contributed by atoms with E-state index in [1.807, 2.05) is 0 Å². The first kappa shape index (κ1) is 13.5. The second-order valence-corrected chi connectivity index (χ2v) is 5.03. The van der Waals surface area contributed by atoms with E-state index in [2.05, 4.69) is 12.2 Å². The van der Waals surface area contributed by atoms with Gasteiger partial charge in [0.1, 0.15) is 6.04 Å². The Labute approximate surface area is 100 Å². The lowest BCUT2D eigenvalue weighted by Gasteiger charge is -2.01. The molecule has 1 atom stereocenters. The number of amides is 1. The Hall–Kier alpha value is -0.530. The number of hydrogen-bond donors (Lipinski definition) is 1. The second kappa shape index (κ2) is 8.60. The van der Waals surface area contributed by atoms with E-state index in [4.69, 9.17) is 0 Å². The smallest absolute Gasteiger partial charge is 0.243 e. The monoisotopic (exact) mass is 225 g/mol. The van der Waals surface area contributed by atoms with Crippen LogP contribution in [0.5, 0.6) is 0 Å². The summed E-state index contributed by atoms with van der Waals surface area (Å²) in [5.41, 5.74) is 0. The van der Waals surface area contributed by atoms with Gasteiger partial charge in [-0.15, -0.1) is 0 Å². The molecule has 1 saturated heterocycles. The summed E-state index contributed by atoms with van der Waals surface area (Å²) in [6.07, 6.45) is 14.8. The molecule has 0 aliphatic carbocycles. The van der Waals surface area contributed by atoms with Crippen molar-refractivity contribution in [1.29, 1.82) is 0 Å². The van der Waals surface area contributed by atoms with Gasteiger partial charge in [0, 0.05) is 0 Å². The van der Waals surface area contributed by atoms with E-state index in [1.54, 1.807) is 0 Å². The number of hydrogen-bond acceptors (Lipinski definition) is 1. The minimum Gasteiger partial charge on any atom is -0.343 e. The topological polar surface area (TPSA) is 39.0 Å². The van der Waals surface area contributed by atoms with Crippen LogP contribution in [-0.4, -0.2) is 11.9 Å². The molecule has 0 aromatic heterocycles. The lowest BCUT2D eigenvalue weighted by Crippen LogP contribution is -1.90. The maximum Gasteiger partial charge on any atom is 0.243 e. The summed E-state index contributed by atoms with van der Waals surface area (Å²) >= 11 is 0. The highest BCUT2D eigenvalue weighted by Gasteiger charge is 2.31. The summed E-state index contributed by atoms with van der Waals surface area (Å²) in [5, 5.41) is 2.82. The molecule has 0 radical (unpaired) electrons. The molecule has 16 heavy (non-hydrogen) atoms. The highest BCUT2D eigenvalue weighted by Crippen LogP contribution is 2.14. The van der Waals surface area contributed by atoms with Crippen LogP contribution < -0.4 is 5.32 Å². The van der Waals surface area contributed by atoms with Crippen molar-refractivity contribution < 1.29 is 4.79 Å². The fourth-order valence-corrected chi connectivity index (χ4v) is 2.17. The molecule has 1 N–H and O–H groups in total. The van der Waals surface area contributed by atoms with Crippen LogP contribution in [0.25, 0.3) is 0 Å². The Morgan fingerprint density at radius 2 is 1.31 bits per heavy atom. The van der Waals surface area contributed by atoms with Crippen LogP contribution >= 0.6 is 0 Å². The van der Waals surface area contributed by atoms with E-state index in [0.717, 1.165) is 6.42 Å². The molecule has 0 spiro atoms. The Morgan fingerprint density at radius 3 is 1.75 bits per heavy atom. The van der Waals surface area contributed by atoms with Crippen molar-refractivity contribution >= 4 is 5.91 Å². The van der Waals surface area contributed by atoms with Gasteiger partial charge in [-0.05, 0) is 6.42 Å². The molecular formula is C14H27NO. The van der Waals surface area contributed by atoms with Crippen LogP contribution in [0.4, 0.5) is 0 Å². The number of rotatable bonds is 11. The van der Waals surface area contributed by atoms with Crippen LogP contribution in [0, 0.1) is 0 Å². The maximum absolute atomic E-state index is 10.7. The molecule has 1 fully saturated rings.